The minimum absolute atomic E-state index is 0.815. The molecule has 2 nitrogen and oxygen atoms in total. The summed E-state index contributed by atoms with van der Waals surface area (Å²) in [5.74, 6) is 0. The van der Waals surface area contributed by atoms with E-state index in [0.29, 0.717) is 0 Å². The molecule has 2 heteroatoms. The van der Waals surface area contributed by atoms with Gasteiger partial charge in [-0.15, -0.1) is 0 Å². The summed E-state index contributed by atoms with van der Waals surface area (Å²) in [6, 6.07) is 18.8. The van der Waals surface area contributed by atoms with E-state index in [1.807, 2.05) is 12.3 Å². The third-order valence-electron chi connectivity index (χ3n) is 3.24. The highest BCUT2D eigenvalue weighted by molar-refractivity contribution is 5.90. The molecule has 0 radical (unpaired) electrons. The van der Waals surface area contributed by atoms with E-state index in [4.69, 9.17) is 0 Å². The van der Waals surface area contributed by atoms with Crippen LogP contribution in [0.4, 0.5) is 5.69 Å². The third kappa shape index (κ3) is 2.58. The predicted molar refractivity (Wildman–Crippen MR) is 80.2 cm³/mol. The smallest absolute Gasteiger partial charge is 0.0933 e. The second-order valence-corrected chi connectivity index (χ2v) is 4.72. The van der Waals surface area contributed by atoms with Gasteiger partial charge in [0, 0.05) is 18.1 Å². The Labute approximate surface area is 113 Å². The Morgan fingerprint density at radius 2 is 1.74 bits per heavy atom. The zero-order valence-electron chi connectivity index (χ0n) is 10.9. The summed E-state index contributed by atoms with van der Waals surface area (Å²) >= 11 is 0. The van der Waals surface area contributed by atoms with Crippen molar-refractivity contribution < 1.29 is 0 Å². The van der Waals surface area contributed by atoms with E-state index in [0.717, 1.165) is 23.1 Å². The van der Waals surface area contributed by atoms with Crippen LogP contribution in [0, 0.1) is 6.92 Å². The van der Waals surface area contributed by atoms with Crippen molar-refractivity contribution in [2.75, 3.05) is 5.32 Å². The number of para-hydroxylation sites is 1. The van der Waals surface area contributed by atoms with E-state index in [9.17, 15) is 0 Å². The maximum atomic E-state index is 4.45. The Balaban J connectivity index is 1.84. The van der Waals surface area contributed by atoms with Gasteiger partial charge in [-0.05, 0) is 24.6 Å². The van der Waals surface area contributed by atoms with Gasteiger partial charge in [-0.1, -0.05) is 48.0 Å². The number of fused-ring (bicyclic) bond motifs is 1. The summed E-state index contributed by atoms with van der Waals surface area (Å²) in [5, 5.41) is 4.62. The number of nitrogens with zero attached hydrogens (tertiary/aromatic N) is 1. The topological polar surface area (TPSA) is 24.9 Å². The maximum absolute atomic E-state index is 4.45. The van der Waals surface area contributed by atoms with Gasteiger partial charge >= 0.3 is 0 Å². The van der Waals surface area contributed by atoms with E-state index >= 15 is 0 Å². The molecule has 0 fully saturated rings. The van der Waals surface area contributed by atoms with Gasteiger partial charge in [-0.3, -0.25) is 4.98 Å². The van der Waals surface area contributed by atoms with Crippen molar-refractivity contribution in [3.05, 3.63) is 71.9 Å². The molecule has 0 aliphatic carbocycles. The Morgan fingerprint density at radius 1 is 0.947 bits per heavy atom. The SMILES string of the molecule is Cc1ccc(CNc2cccc3cccnc23)cc1. The highest BCUT2D eigenvalue weighted by Gasteiger charge is 2.01. The minimum atomic E-state index is 0.815. The van der Waals surface area contributed by atoms with Crippen LogP contribution in [-0.2, 0) is 6.54 Å². The zero-order valence-corrected chi connectivity index (χ0v) is 10.9. The van der Waals surface area contributed by atoms with Crippen LogP contribution in [0.1, 0.15) is 11.1 Å². The van der Waals surface area contributed by atoms with E-state index in [2.05, 4.69) is 65.8 Å². The predicted octanol–water partition coefficient (Wildman–Crippen LogP) is 4.16. The first-order valence-corrected chi connectivity index (χ1v) is 6.46. The molecule has 2 aromatic carbocycles. The molecule has 0 saturated carbocycles. The zero-order chi connectivity index (χ0) is 13.1. The van der Waals surface area contributed by atoms with Crippen LogP contribution in [0.15, 0.2) is 60.8 Å². The lowest BCUT2D eigenvalue weighted by Crippen LogP contribution is -2.00. The number of pyridine rings is 1. The number of nitrogens with one attached hydrogen (secondary N) is 1. The first kappa shape index (κ1) is 11.7. The minimum Gasteiger partial charge on any atom is -0.379 e. The van der Waals surface area contributed by atoms with Crippen LogP contribution < -0.4 is 5.32 Å². The number of aryl methyl sites for hydroxylation is 1. The summed E-state index contributed by atoms with van der Waals surface area (Å²) < 4.78 is 0. The van der Waals surface area contributed by atoms with E-state index < -0.39 is 0 Å². The number of hydrogen-bond donors (Lipinski definition) is 1. The molecule has 3 aromatic rings. The molecule has 0 bridgehead atoms. The van der Waals surface area contributed by atoms with Crippen molar-refractivity contribution in [1.82, 2.24) is 4.98 Å². The fourth-order valence-electron chi connectivity index (χ4n) is 2.15. The van der Waals surface area contributed by atoms with Crippen LogP contribution in [0.3, 0.4) is 0 Å². The number of rotatable bonds is 3. The molecule has 94 valence electrons. The standard InChI is InChI=1S/C17H16N2/c1-13-7-9-14(10-8-13)12-19-16-6-2-4-15-5-3-11-18-17(15)16/h2-11,19H,12H2,1H3. The van der Waals surface area contributed by atoms with Crippen molar-refractivity contribution in [2.24, 2.45) is 0 Å². The first-order valence-electron chi connectivity index (χ1n) is 6.46. The average molecular weight is 248 g/mol. The van der Waals surface area contributed by atoms with E-state index in [1.165, 1.54) is 11.1 Å². The highest BCUT2D eigenvalue weighted by atomic mass is 14.9. The lowest BCUT2D eigenvalue weighted by Gasteiger charge is -2.09. The van der Waals surface area contributed by atoms with Crippen molar-refractivity contribution in [2.45, 2.75) is 13.5 Å². The number of anilines is 1. The number of aromatic nitrogens is 1. The summed E-state index contributed by atoms with van der Waals surface area (Å²) in [6.45, 7) is 2.92. The quantitative estimate of drug-likeness (QED) is 0.753. The fourth-order valence-corrected chi connectivity index (χ4v) is 2.15. The van der Waals surface area contributed by atoms with E-state index in [-0.39, 0.29) is 0 Å². The summed E-state index contributed by atoms with van der Waals surface area (Å²) in [6.07, 6.45) is 1.83. The van der Waals surface area contributed by atoms with Crippen molar-refractivity contribution in [3.8, 4) is 0 Å². The normalized spacial score (nSPS) is 10.6. The molecule has 3 rings (SSSR count). The monoisotopic (exact) mass is 248 g/mol. The lowest BCUT2D eigenvalue weighted by atomic mass is 10.1. The van der Waals surface area contributed by atoms with Gasteiger partial charge in [0.2, 0.25) is 0 Å². The molecule has 0 atom stereocenters. The molecular formula is C17H16N2. The first-order chi connectivity index (χ1) is 9.33. The molecule has 1 N–H and O–H groups in total. The molecule has 0 amide bonds. The van der Waals surface area contributed by atoms with Crippen LogP contribution in [0.5, 0.6) is 0 Å². The van der Waals surface area contributed by atoms with Crippen LogP contribution >= 0.6 is 0 Å². The van der Waals surface area contributed by atoms with Gasteiger partial charge < -0.3 is 5.32 Å². The second kappa shape index (κ2) is 5.11. The number of hydrogen-bond acceptors (Lipinski definition) is 2. The lowest BCUT2D eigenvalue weighted by molar-refractivity contribution is 1.15. The molecule has 0 saturated heterocycles. The van der Waals surface area contributed by atoms with Crippen molar-refractivity contribution in [3.63, 3.8) is 0 Å². The van der Waals surface area contributed by atoms with Crippen molar-refractivity contribution >= 4 is 16.6 Å². The van der Waals surface area contributed by atoms with Crippen LogP contribution in [0.25, 0.3) is 10.9 Å². The Bertz CT molecular complexity index is 682. The van der Waals surface area contributed by atoms with Gasteiger partial charge in [-0.2, -0.15) is 0 Å². The molecule has 0 spiro atoms. The molecule has 0 aliphatic heterocycles. The molecular weight excluding hydrogens is 232 g/mol. The van der Waals surface area contributed by atoms with E-state index in [1.54, 1.807) is 0 Å². The van der Waals surface area contributed by atoms with Gasteiger partial charge in [0.05, 0.1) is 11.2 Å². The summed E-state index contributed by atoms with van der Waals surface area (Å²) in [4.78, 5) is 4.45. The van der Waals surface area contributed by atoms with Crippen LogP contribution in [0.2, 0.25) is 0 Å². The Morgan fingerprint density at radius 3 is 2.58 bits per heavy atom. The molecule has 0 unspecified atom stereocenters. The fraction of sp³-hybridized carbons (Fsp3) is 0.118. The second-order valence-electron chi connectivity index (χ2n) is 4.72. The van der Waals surface area contributed by atoms with Gasteiger partial charge in [0.25, 0.3) is 0 Å². The Hall–Kier alpha value is -2.35. The van der Waals surface area contributed by atoms with Crippen LogP contribution in [-0.4, -0.2) is 4.98 Å². The molecule has 1 heterocycles. The maximum Gasteiger partial charge on any atom is 0.0933 e. The van der Waals surface area contributed by atoms with Crippen molar-refractivity contribution in [1.29, 1.82) is 0 Å². The molecule has 19 heavy (non-hydrogen) atoms. The third-order valence-corrected chi connectivity index (χ3v) is 3.24. The molecule has 1 aromatic heterocycles. The summed E-state index contributed by atoms with van der Waals surface area (Å²) in [5.41, 5.74) is 4.67. The Kier molecular flexibility index (Phi) is 3.15. The van der Waals surface area contributed by atoms with Gasteiger partial charge in [-0.25, -0.2) is 0 Å². The number of benzene rings is 2. The summed E-state index contributed by atoms with van der Waals surface area (Å²) in [7, 11) is 0. The van der Waals surface area contributed by atoms with Gasteiger partial charge in [0.15, 0.2) is 0 Å². The average Bonchev–Trinajstić information content (AvgIpc) is 2.47. The molecule has 0 aliphatic rings. The van der Waals surface area contributed by atoms with Gasteiger partial charge in [0.1, 0.15) is 0 Å². The largest absolute Gasteiger partial charge is 0.379 e. The highest BCUT2D eigenvalue weighted by Crippen LogP contribution is 2.21.